The van der Waals surface area contributed by atoms with Gasteiger partial charge >= 0.3 is 0 Å². The van der Waals surface area contributed by atoms with Crippen LogP contribution in [0.25, 0.3) is 17.1 Å². The number of amides is 1. The minimum Gasteiger partial charge on any atom is -0.349 e. The summed E-state index contributed by atoms with van der Waals surface area (Å²) in [5, 5.41) is 7.27. The average molecular weight is 399 g/mol. The number of rotatable bonds is 5. The zero-order valence-electron chi connectivity index (χ0n) is 14.2. The van der Waals surface area contributed by atoms with Gasteiger partial charge < -0.3 is 5.32 Å². The molecule has 0 atom stereocenters. The highest BCUT2D eigenvalue weighted by Crippen LogP contribution is 2.23. The molecular weight excluding hydrogens is 380 g/mol. The van der Waals surface area contributed by atoms with Gasteiger partial charge in [-0.15, -0.1) is 5.10 Å². The van der Waals surface area contributed by atoms with Crippen LogP contribution in [0.15, 0.2) is 53.0 Å². The summed E-state index contributed by atoms with van der Waals surface area (Å²) < 4.78 is 2.70. The zero-order chi connectivity index (χ0) is 17.8. The van der Waals surface area contributed by atoms with E-state index in [1.165, 1.54) is 0 Å². The first-order valence-corrected chi connectivity index (χ1v) is 8.96. The summed E-state index contributed by atoms with van der Waals surface area (Å²) in [6, 6.07) is 15.8. The van der Waals surface area contributed by atoms with Gasteiger partial charge in [-0.25, -0.2) is 9.67 Å². The molecule has 0 aliphatic rings. The van der Waals surface area contributed by atoms with E-state index in [9.17, 15) is 4.79 Å². The Labute approximate surface area is 155 Å². The third-order valence-corrected chi connectivity index (χ3v) is 4.26. The standard InChI is InChI=1S/C19H19BrN4O/c1-3-12-21-19(25)17-22-18(14-6-8-15(20)9-7-14)24(23-17)16-10-4-13(2)5-11-16/h4-11H,3,12H2,1-2H3,(H,21,25). The van der Waals surface area contributed by atoms with Gasteiger partial charge in [-0.2, -0.15) is 0 Å². The van der Waals surface area contributed by atoms with Gasteiger partial charge in [0, 0.05) is 16.6 Å². The third kappa shape index (κ3) is 3.96. The van der Waals surface area contributed by atoms with Gasteiger partial charge in [-0.1, -0.05) is 52.7 Å². The maximum absolute atomic E-state index is 12.3. The van der Waals surface area contributed by atoms with Gasteiger partial charge in [0.1, 0.15) is 0 Å². The minimum absolute atomic E-state index is 0.173. The number of hydrogen-bond acceptors (Lipinski definition) is 3. The van der Waals surface area contributed by atoms with Crippen LogP contribution in [0.2, 0.25) is 0 Å². The molecule has 0 unspecified atom stereocenters. The number of benzene rings is 2. The quantitative estimate of drug-likeness (QED) is 0.702. The second-order valence-corrected chi connectivity index (χ2v) is 6.68. The van der Waals surface area contributed by atoms with Crippen LogP contribution in [0.1, 0.15) is 29.5 Å². The molecule has 128 valence electrons. The highest BCUT2D eigenvalue weighted by atomic mass is 79.9. The molecule has 0 bridgehead atoms. The molecule has 3 aromatic rings. The van der Waals surface area contributed by atoms with E-state index in [1.807, 2.05) is 62.4 Å². The van der Waals surface area contributed by atoms with Crippen LogP contribution >= 0.6 is 15.9 Å². The number of nitrogens with zero attached hydrogens (tertiary/aromatic N) is 3. The van der Waals surface area contributed by atoms with Crippen molar-refractivity contribution in [3.8, 4) is 17.1 Å². The number of carbonyl (C=O) groups excluding carboxylic acids is 1. The Morgan fingerprint density at radius 2 is 1.80 bits per heavy atom. The Balaban J connectivity index is 2.07. The summed E-state index contributed by atoms with van der Waals surface area (Å²) >= 11 is 3.44. The first-order chi connectivity index (χ1) is 12.1. The van der Waals surface area contributed by atoms with Gasteiger partial charge in [-0.3, -0.25) is 4.79 Å². The first-order valence-electron chi connectivity index (χ1n) is 8.16. The van der Waals surface area contributed by atoms with Crippen LogP contribution in [0.3, 0.4) is 0 Å². The summed E-state index contributed by atoms with van der Waals surface area (Å²) in [5.74, 6) is 0.552. The van der Waals surface area contributed by atoms with Gasteiger partial charge in [0.15, 0.2) is 5.82 Å². The largest absolute Gasteiger partial charge is 0.349 e. The second-order valence-electron chi connectivity index (χ2n) is 5.77. The summed E-state index contributed by atoms with van der Waals surface area (Å²) in [6.45, 7) is 4.64. The number of carbonyl (C=O) groups is 1. The summed E-state index contributed by atoms with van der Waals surface area (Å²) in [4.78, 5) is 16.8. The molecule has 1 heterocycles. The van der Waals surface area contributed by atoms with Gasteiger partial charge in [0.05, 0.1) is 5.69 Å². The fraction of sp³-hybridized carbons (Fsp3) is 0.211. The van der Waals surface area contributed by atoms with Gasteiger partial charge in [-0.05, 0) is 37.6 Å². The summed E-state index contributed by atoms with van der Waals surface area (Å²) in [5.41, 5.74) is 2.92. The Hall–Kier alpha value is -2.47. The van der Waals surface area contributed by atoms with E-state index in [1.54, 1.807) is 4.68 Å². The maximum atomic E-state index is 12.3. The molecule has 1 aromatic heterocycles. The third-order valence-electron chi connectivity index (χ3n) is 3.73. The fourth-order valence-electron chi connectivity index (χ4n) is 2.38. The van der Waals surface area contributed by atoms with Crippen molar-refractivity contribution >= 4 is 21.8 Å². The minimum atomic E-state index is -0.258. The Morgan fingerprint density at radius 1 is 1.12 bits per heavy atom. The molecule has 1 N–H and O–H groups in total. The molecule has 25 heavy (non-hydrogen) atoms. The van der Waals surface area contributed by atoms with Crippen LogP contribution in [0.4, 0.5) is 0 Å². The zero-order valence-corrected chi connectivity index (χ0v) is 15.7. The van der Waals surface area contributed by atoms with Crippen molar-refractivity contribution in [3.63, 3.8) is 0 Å². The Kier molecular flexibility index (Phi) is 5.28. The van der Waals surface area contributed by atoms with Gasteiger partial charge in [0.2, 0.25) is 5.82 Å². The lowest BCUT2D eigenvalue weighted by atomic mass is 10.2. The highest BCUT2D eigenvalue weighted by molar-refractivity contribution is 9.10. The predicted octanol–water partition coefficient (Wildman–Crippen LogP) is 4.15. The van der Waals surface area contributed by atoms with Crippen molar-refractivity contribution in [2.75, 3.05) is 6.54 Å². The average Bonchev–Trinajstić information content (AvgIpc) is 3.06. The lowest BCUT2D eigenvalue weighted by Crippen LogP contribution is -2.25. The molecule has 0 fully saturated rings. The molecule has 0 radical (unpaired) electrons. The van der Waals surface area contributed by atoms with E-state index in [4.69, 9.17) is 0 Å². The van der Waals surface area contributed by atoms with E-state index < -0.39 is 0 Å². The van der Waals surface area contributed by atoms with Crippen molar-refractivity contribution < 1.29 is 4.79 Å². The molecule has 3 rings (SSSR count). The van der Waals surface area contributed by atoms with E-state index >= 15 is 0 Å². The van der Waals surface area contributed by atoms with Crippen LogP contribution in [0.5, 0.6) is 0 Å². The molecule has 5 nitrogen and oxygen atoms in total. The lowest BCUT2D eigenvalue weighted by molar-refractivity contribution is 0.0943. The predicted molar refractivity (Wildman–Crippen MR) is 102 cm³/mol. The molecule has 2 aromatic carbocycles. The van der Waals surface area contributed by atoms with Gasteiger partial charge in [0.25, 0.3) is 5.91 Å². The van der Waals surface area contributed by atoms with Crippen molar-refractivity contribution in [1.29, 1.82) is 0 Å². The lowest BCUT2D eigenvalue weighted by Gasteiger charge is -2.06. The van der Waals surface area contributed by atoms with Crippen molar-refractivity contribution in [2.45, 2.75) is 20.3 Å². The van der Waals surface area contributed by atoms with Crippen LogP contribution in [-0.4, -0.2) is 27.2 Å². The SMILES string of the molecule is CCCNC(=O)c1nc(-c2ccc(Br)cc2)n(-c2ccc(C)cc2)n1. The Bertz CT molecular complexity index is 806. The molecule has 0 aliphatic carbocycles. The smallest absolute Gasteiger partial charge is 0.290 e. The van der Waals surface area contributed by atoms with Crippen LogP contribution < -0.4 is 5.32 Å². The highest BCUT2D eigenvalue weighted by Gasteiger charge is 2.18. The molecule has 0 aliphatic heterocycles. The molecule has 6 heteroatoms. The molecular formula is C19H19BrN4O. The number of aromatic nitrogens is 3. The summed E-state index contributed by atoms with van der Waals surface area (Å²) in [7, 11) is 0. The molecule has 0 spiro atoms. The first kappa shape index (κ1) is 17.4. The second kappa shape index (κ2) is 7.61. The van der Waals surface area contributed by atoms with E-state index in [0.29, 0.717) is 12.4 Å². The fourth-order valence-corrected chi connectivity index (χ4v) is 2.64. The number of hydrogen-bond donors (Lipinski definition) is 1. The van der Waals surface area contributed by atoms with E-state index in [-0.39, 0.29) is 11.7 Å². The van der Waals surface area contributed by atoms with Crippen LogP contribution in [0, 0.1) is 6.92 Å². The monoisotopic (exact) mass is 398 g/mol. The van der Waals surface area contributed by atoms with E-state index in [2.05, 4.69) is 31.3 Å². The van der Waals surface area contributed by atoms with Crippen molar-refractivity contribution in [1.82, 2.24) is 20.1 Å². The van der Waals surface area contributed by atoms with E-state index in [0.717, 1.165) is 27.7 Å². The van der Waals surface area contributed by atoms with Crippen molar-refractivity contribution in [3.05, 3.63) is 64.4 Å². The number of nitrogens with one attached hydrogen (secondary N) is 1. The maximum Gasteiger partial charge on any atom is 0.290 e. The van der Waals surface area contributed by atoms with Crippen LogP contribution in [-0.2, 0) is 0 Å². The van der Waals surface area contributed by atoms with Crippen molar-refractivity contribution in [2.24, 2.45) is 0 Å². The number of halogens is 1. The molecule has 0 saturated heterocycles. The number of aryl methyl sites for hydroxylation is 1. The molecule has 1 amide bonds. The normalized spacial score (nSPS) is 10.7. The Morgan fingerprint density at radius 3 is 2.44 bits per heavy atom. The topological polar surface area (TPSA) is 59.8 Å². The molecule has 0 saturated carbocycles. The summed E-state index contributed by atoms with van der Waals surface area (Å²) in [6.07, 6.45) is 0.865.